The molecule has 5 heteroatoms. The lowest BCUT2D eigenvalue weighted by Gasteiger charge is -2.12. The van der Waals surface area contributed by atoms with Crippen LogP contribution in [-0.2, 0) is 0 Å². The van der Waals surface area contributed by atoms with Crippen molar-refractivity contribution in [2.24, 2.45) is 0 Å². The third-order valence-corrected chi connectivity index (χ3v) is 2.76. The molecule has 0 fully saturated rings. The van der Waals surface area contributed by atoms with Crippen LogP contribution in [0.2, 0.25) is 0 Å². The Balaban J connectivity index is 2.69. The number of amides is 1. The van der Waals surface area contributed by atoms with E-state index in [2.05, 4.69) is 26.6 Å². The summed E-state index contributed by atoms with van der Waals surface area (Å²) in [5.41, 5.74) is 0.276. The van der Waals surface area contributed by atoms with Crippen LogP contribution in [0.1, 0.15) is 17.3 Å². The van der Waals surface area contributed by atoms with Crippen molar-refractivity contribution in [3.05, 3.63) is 28.2 Å². The van der Waals surface area contributed by atoms with Gasteiger partial charge in [0, 0.05) is 17.1 Å². The summed E-state index contributed by atoms with van der Waals surface area (Å²) in [6.45, 7) is 2.47. The van der Waals surface area contributed by atoms with E-state index in [1.54, 1.807) is 12.1 Å². The van der Waals surface area contributed by atoms with Gasteiger partial charge >= 0.3 is 0 Å². The standard InChI is InChI=1S/C11H15BrN2O2/c1-7(13-2)6-14-11(16)9-5-8(12)3-4-10(9)15/h3-5,7,13,15H,6H2,1-2H3,(H,14,16). The minimum absolute atomic E-state index is 0.0159. The largest absolute Gasteiger partial charge is 0.507 e. The fourth-order valence-corrected chi connectivity index (χ4v) is 1.49. The molecule has 1 unspecified atom stereocenters. The molecule has 0 aliphatic carbocycles. The first-order valence-corrected chi connectivity index (χ1v) is 5.78. The fraction of sp³-hybridized carbons (Fsp3) is 0.364. The number of aromatic hydroxyl groups is 1. The van der Waals surface area contributed by atoms with Crippen LogP contribution in [-0.4, -0.2) is 30.6 Å². The summed E-state index contributed by atoms with van der Waals surface area (Å²) in [4.78, 5) is 11.7. The van der Waals surface area contributed by atoms with Gasteiger partial charge in [0.15, 0.2) is 0 Å². The molecule has 1 aromatic rings. The smallest absolute Gasteiger partial charge is 0.255 e. The molecule has 0 heterocycles. The van der Waals surface area contributed by atoms with Crippen molar-refractivity contribution in [2.45, 2.75) is 13.0 Å². The highest BCUT2D eigenvalue weighted by Gasteiger charge is 2.11. The summed E-state index contributed by atoms with van der Waals surface area (Å²) < 4.78 is 0.761. The molecule has 0 saturated heterocycles. The second-order valence-corrected chi connectivity index (χ2v) is 4.48. The Morgan fingerprint density at radius 2 is 2.25 bits per heavy atom. The van der Waals surface area contributed by atoms with E-state index in [4.69, 9.17) is 0 Å². The molecular weight excluding hydrogens is 272 g/mol. The summed E-state index contributed by atoms with van der Waals surface area (Å²) in [6.07, 6.45) is 0. The topological polar surface area (TPSA) is 61.4 Å². The zero-order valence-corrected chi connectivity index (χ0v) is 10.8. The average Bonchev–Trinajstić information content (AvgIpc) is 2.28. The van der Waals surface area contributed by atoms with E-state index >= 15 is 0 Å². The van der Waals surface area contributed by atoms with Crippen molar-refractivity contribution in [3.8, 4) is 5.75 Å². The van der Waals surface area contributed by atoms with Gasteiger partial charge in [0.1, 0.15) is 5.75 Å². The van der Waals surface area contributed by atoms with Crippen molar-refractivity contribution in [1.29, 1.82) is 0 Å². The highest BCUT2D eigenvalue weighted by Crippen LogP contribution is 2.21. The number of phenolic OH excluding ortho intramolecular Hbond substituents is 1. The van der Waals surface area contributed by atoms with Crippen molar-refractivity contribution >= 4 is 21.8 Å². The number of phenols is 1. The van der Waals surface area contributed by atoms with Crippen molar-refractivity contribution in [1.82, 2.24) is 10.6 Å². The van der Waals surface area contributed by atoms with Gasteiger partial charge in [0.2, 0.25) is 0 Å². The zero-order chi connectivity index (χ0) is 12.1. The first-order chi connectivity index (χ1) is 7.54. The van der Waals surface area contributed by atoms with Crippen LogP contribution in [0.3, 0.4) is 0 Å². The van der Waals surface area contributed by atoms with Gasteiger partial charge in [0.25, 0.3) is 5.91 Å². The van der Waals surface area contributed by atoms with Crippen LogP contribution in [0.5, 0.6) is 5.75 Å². The predicted molar refractivity (Wildman–Crippen MR) is 66.7 cm³/mol. The molecule has 0 radical (unpaired) electrons. The first kappa shape index (κ1) is 13.0. The van der Waals surface area contributed by atoms with E-state index in [0.29, 0.717) is 6.54 Å². The van der Waals surface area contributed by atoms with Gasteiger partial charge in [-0.15, -0.1) is 0 Å². The van der Waals surface area contributed by atoms with Gasteiger partial charge < -0.3 is 15.7 Å². The minimum atomic E-state index is -0.277. The summed E-state index contributed by atoms with van der Waals surface area (Å²) in [7, 11) is 1.83. The molecule has 0 aliphatic rings. The summed E-state index contributed by atoms with van der Waals surface area (Å²) in [5.74, 6) is -0.293. The molecule has 1 amide bonds. The Morgan fingerprint density at radius 3 is 2.88 bits per heavy atom. The molecule has 1 aromatic carbocycles. The van der Waals surface area contributed by atoms with E-state index in [1.807, 2.05) is 14.0 Å². The highest BCUT2D eigenvalue weighted by molar-refractivity contribution is 9.10. The molecule has 0 spiro atoms. The molecule has 1 rings (SSSR count). The Kier molecular flexibility index (Phi) is 4.76. The molecule has 1 atom stereocenters. The van der Waals surface area contributed by atoms with Gasteiger partial charge in [-0.25, -0.2) is 0 Å². The van der Waals surface area contributed by atoms with E-state index < -0.39 is 0 Å². The second-order valence-electron chi connectivity index (χ2n) is 3.56. The van der Waals surface area contributed by atoms with Gasteiger partial charge in [-0.1, -0.05) is 15.9 Å². The summed E-state index contributed by atoms with van der Waals surface area (Å²) in [6, 6.07) is 4.95. The quantitative estimate of drug-likeness (QED) is 0.786. The Bertz CT molecular complexity index is 382. The maximum atomic E-state index is 11.7. The van der Waals surface area contributed by atoms with Gasteiger partial charge in [-0.05, 0) is 32.2 Å². The number of carbonyl (C=O) groups is 1. The van der Waals surface area contributed by atoms with Crippen LogP contribution in [0.25, 0.3) is 0 Å². The molecule has 4 nitrogen and oxygen atoms in total. The van der Waals surface area contributed by atoms with E-state index in [1.165, 1.54) is 6.07 Å². The van der Waals surface area contributed by atoms with Gasteiger partial charge in [0.05, 0.1) is 5.56 Å². The number of rotatable bonds is 4. The Morgan fingerprint density at radius 1 is 1.56 bits per heavy atom. The first-order valence-electron chi connectivity index (χ1n) is 4.98. The van der Waals surface area contributed by atoms with Crippen LogP contribution < -0.4 is 10.6 Å². The van der Waals surface area contributed by atoms with Crippen LogP contribution in [0.15, 0.2) is 22.7 Å². The third-order valence-electron chi connectivity index (χ3n) is 2.26. The van der Waals surface area contributed by atoms with Gasteiger partial charge in [-0.2, -0.15) is 0 Å². The van der Waals surface area contributed by atoms with Crippen LogP contribution in [0, 0.1) is 0 Å². The summed E-state index contributed by atoms with van der Waals surface area (Å²) >= 11 is 3.25. The Hall–Kier alpha value is -1.07. The fourth-order valence-electron chi connectivity index (χ4n) is 1.13. The van der Waals surface area contributed by atoms with E-state index in [9.17, 15) is 9.90 Å². The number of halogens is 1. The molecule has 0 aromatic heterocycles. The number of hydrogen-bond acceptors (Lipinski definition) is 3. The van der Waals surface area contributed by atoms with Gasteiger partial charge in [-0.3, -0.25) is 4.79 Å². The number of carbonyl (C=O) groups excluding carboxylic acids is 1. The number of likely N-dealkylation sites (N-methyl/N-ethyl adjacent to an activating group) is 1. The number of hydrogen-bond donors (Lipinski definition) is 3. The number of nitrogens with one attached hydrogen (secondary N) is 2. The molecule has 0 saturated carbocycles. The maximum Gasteiger partial charge on any atom is 0.255 e. The maximum absolute atomic E-state index is 11.7. The van der Waals surface area contributed by atoms with E-state index in [0.717, 1.165) is 4.47 Å². The number of benzene rings is 1. The lowest BCUT2D eigenvalue weighted by molar-refractivity contribution is 0.0948. The normalized spacial score (nSPS) is 12.2. The van der Waals surface area contributed by atoms with Crippen molar-refractivity contribution in [2.75, 3.05) is 13.6 Å². The molecule has 0 aliphatic heterocycles. The molecular formula is C11H15BrN2O2. The van der Waals surface area contributed by atoms with Crippen molar-refractivity contribution < 1.29 is 9.90 Å². The molecule has 3 N–H and O–H groups in total. The highest BCUT2D eigenvalue weighted by atomic mass is 79.9. The molecule has 88 valence electrons. The molecule has 0 bridgehead atoms. The lowest BCUT2D eigenvalue weighted by atomic mass is 10.2. The van der Waals surface area contributed by atoms with Crippen LogP contribution in [0.4, 0.5) is 0 Å². The molecule has 16 heavy (non-hydrogen) atoms. The van der Waals surface area contributed by atoms with E-state index in [-0.39, 0.29) is 23.3 Å². The summed E-state index contributed by atoms with van der Waals surface area (Å²) in [5, 5.41) is 15.3. The third kappa shape index (κ3) is 3.50. The predicted octanol–water partition coefficient (Wildman–Crippen LogP) is 1.49. The monoisotopic (exact) mass is 286 g/mol. The van der Waals surface area contributed by atoms with Crippen molar-refractivity contribution in [3.63, 3.8) is 0 Å². The van der Waals surface area contributed by atoms with Crippen LogP contribution >= 0.6 is 15.9 Å². The second kappa shape index (κ2) is 5.86. The lowest BCUT2D eigenvalue weighted by Crippen LogP contribution is -2.37. The zero-order valence-electron chi connectivity index (χ0n) is 9.25. The Labute approximate surface area is 103 Å². The minimum Gasteiger partial charge on any atom is -0.507 e. The average molecular weight is 287 g/mol. The SMILES string of the molecule is CNC(C)CNC(=O)c1cc(Br)ccc1O.